The van der Waals surface area contributed by atoms with Crippen LogP contribution in [0.4, 0.5) is 5.82 Å². The van der Waals surface area contributed by atoms with Crippen molar-refractivity contribution < 1.29 is 0 Å². The van der Waals surface area contributed by atoms with Crippen molar-refractivity contribution in [3.05, 3.63) is 55.1 Å². The monoisotopic (exact) mass is 296 g/mol. The molecule has 0 saturated carbocycles. The third-order valence-electron chi connectivity index (χ3n) is 2.08. The van der Waals surface area contributed by atoms with E-state index in [-0.39, 0.29) is 5.82 Å². The van der Waals surface area contributed by atoms with Crippen molar-refractivity contribution >= 4 is 21.7 Å². The summed E-state index contributed by atoms with van der Waals surface area (Å²) in [5.74, 6) is 0.0903. The normalized spacial score (nSPS) is 10.2. The molecule has 0 saturated heterocycles. The van der Waals surface area contributed by atoms with Crippen LogP contribution in [0.1, 0.15) is 5.56 Å². The van der Waals surface area contributed by atoms with Gasteiger partial charge in [-0.05, 0) is 17.7 Å². The van der Waals surface area contributed by atoms with Crippen molar-refractivity contribution in [3.8, 4) is 0 Å². The molecule has 0 fully saturated rings. The quantitative estimate of drug-likeness (QED) is 0.782. The van der Waals surface area contributed by atoms with E-state index in [2.05, 4.69) is 36.4 Å². The van der Waals surface area contributed by atoms with Crippen LogP contribution in [-0.2, 0) is 6.54 Å². The predicted molar refractivity (Wildman–Crippen MR) is 66.9 cm³/mol. The van der Waals surface area contributed by atoms with Crippen molar-refractivity contribution in [1.82, 2.24) is 15.2 Å². The third-order valence-corrected chi connectivity index (χ3v) is 2.61. The van der Waals surface area contributed by atoms with Crippen LogP contribution in [-0.4, -0.2) is 15.2 Å². The van der Waals surface area contributed by atoms with Crippen LogP contribution in [0.3, 0.4) is 0 Å². The van der Waals surface area contributed by atoms with Crippen molar-refractivity contribution in [2.45, 2.75) is 6.54 Å². The van der Waals surface area contributed by atoms with Gasteiger partial charge in [0, 0.05) is 11.0 Å². The second-order valence-electron chi connectivity index (χ2n) is 3.34. The molecule has 1 heterocycles. The maximum absolute atomic E-state index is 11.3. The SMILES string of the molecule is O=c1[nH]nc(NCc2ccc(Br)cc2)c(=O)[nH]1. The van der Waals surface area contributed by atoms with Crippen LogP contribution < -0.4 is 16.6 Å². The van der Waals surface area contributed by atoms with E-state index in [1.54, 1.807) is 0 Å². The lowest BCUT2D eigenvalue weighted by Gasteiger charge is -2.03. The molecule has 0 spiro atoms. The Morgan fingerprint density at radius 3 is 2.59 bits per heavy atom. The Bertz CT molecular complexity index is 617. The van der Waals surface area contributed by atoms with E-state index in [1.165, 1.54) is 0 Å². The zero-order chi connectivity index (χ0) is 12.3. The van der Waals surface area contributed by atoms with Crippen LogP contribution in [0.2, 0.25) is 0 Å². The molecule has 17 heavy (non-hydrogen) atoms. The fourth-order valence-corrected chi connectivity index (χ4v) is 1.52. The van der Waals surface area contributed by atoms with Crippen LogP contribution in [0.5, 0.6) is 0 Å². The minimum atomic E-state index is -0.621. The van der Waals surface area contributed by atoms with Gasteiger partial charge in [-0.3, -0.25) is 9.78 Å². The highest BCUT2D eigenvalue weighted by atomic mass is 79.9. The highest BCUT2D eigenvalue weighted by Crippen LogP contribution is 2.10. The van der Waals surface area contributed by atoms with E-state index in [4.69, 9.17) is 0 Å². The lowest BCUT2D eigenvalue weighted by Crippen LogP contribution is -2.26. The first kappa shape index (κ1) is 11.6. The average Bonchev–Trinajstić information content (AvgIpc) is 2.30. The van der Waals surface area contributed by atoms with Gasteiger partial charge in [-0.2, -0.15) is 0 Å². The molecule has 0 amide bonds. The number of hydrogen-bond donors (Lipinski definition) is 3. The summed E-state index contributed by atoms with van der Waals surface area (Å²) in [6.45, 7) is 0.454. The molecule has 88 valence electrons. The summed E-state index contributed by atoms with van der Waals surface area (Å²) in [7, 11) is 0. The number of benzene rings is 1. The van der Waals surface area contributed by atoms with Gasteiger partial charge in [0.15, 0.2) is 0 Å². The maximum atomic E-state index is 11.3. The molecular formula is C10H9BrN4O2. The molecule has 2 rings (SSSR count). The summed E-state index contributed by atoms with van der Waals surface area (Å²) < 4.78 is 0.987. The van der Waals surface area contributed by atoms with Crippen molar-refractivity contribution in [2.24, 2.45) is 0 Å². The second kappa shape index (κ2) is 4.96. The molecule has 1 aromatic heterocycles. The molecule has 0 bridgehead atoms. The maximum Gasteiger partial charge on any atom is 0.342 e. The van der Waals surface area contributed by atoms with Gasteiger partial charge in [-0.25, -0.2) is 9.89 Å². The number of H-pyrrole nitrogens is 2. The third kappa shape index (κ3) is 3.04. The van der Waals surface area contributed by atoms with Crippen LogP contribution in [0.25, 0.3) is 0 Å². The number of nitrogens with zero attached hydrogens (tertiary/aromatic N) is 1. The molecule has 6 nitrogen and oxygen atoms in total. The minimum absolute atomic E-state index is 0.0903. The Hall–Kier alpha value is -1.89. The number of nitrogens with one attached hydrogen (secondary N) is 3. The van der Waals surface area contributed by atoms with Crippen molar-refractivity contribution in [2.75, 3.05) is 5.32 Å². The van der Waals surface area contributed by atoms with E-state index >= 15 is 0 Å². The first-order chi connectivity index (χ1) is 8.15. The van der Waals surface area contributed by atoms with Gasteiger partial charge in [-0.1, -0.05) is 28.1 Å². The first-order valence-electron chi connectivity index (χ1n) is 4.82. The minimum Gasteiger partial charge on any atom is -0.360 e. The number of halogens is 1. The number of aromatic amines is 2. The van der Waals surface area contributed by atoms with Gasteiger partial charge in [-0.15, -0.1) is 5.10 Å². The van der Waals surface area contributed by atoms with Crippen LogP contribution >= 0.6 is 15.9 Å². The fourth-order valence-electron chi connectivity index (χ4n) is 1.26. The Kier molecular flexibility index (Phi) is 3.38. The number of anilines is 1. The second-order valence-corrected chi connectivity index (χ2v) is 4.25. The molecule has 2 aromatic rings. The zero-order valence-corrected chi connectivity index (χ0v) is 10.2. The Labute approximate surface area is 104 Å². The van der Waals surface area contributed by atoms with Gasteiger partial charge in [0.2, 0.25) is 5.82 Å². The van der Waals surface area contributed by atoms with E-state index in [0.717, 1.165) is 10.0 Å². The summed E-state index contributed by atoms with van der Waals surface area (Å²) in [5.41, 5.74) is -0.157. The van der Waals surface area contributed by atoms with Crippen LogP contribution in [0.15, 0.2) is 38.3 Å². The van der Waals surface area contributed by atoms with Crippen molar-refractivity contribution in [1.29, 1.82) is 0 Å². The molecule has 0 aliphatic heterocycles. The molecular weight excluding hydrogens is 288 g/mol. The summed E-state index contributed by atoms with van der Waals surface area (Å²) in [6.07, 6.45) is 0. The van der Waals surface area contributed by atoms with Gasteiger partial charge >= 0.3 is 5.69 Å². The van der Waals surface area contributed by atoms with E-state index < -0.39 is 11.2 Å². The molecule has 0 aliphatic carbocycles. The highest BCUT2D eigenvalue weighted by molar-refractivity contribution is 9.10. The van der Waals surface area contributed by atoms with Crippen LogP contribution in [0, 0.1) is 0 Å². The lowest BCUT2D eigenvalue weighted by molar-refractivity contribution is 0.883. The number of aromatic nitrogens is 3. The zero-order valence-electron chi connectivity index (χ0n) is 8.66. The first-order valence-corrected chi connectivity index (χ1v) is 5.62. The fraction of sp³-hybridized carbons (Fsp3) is 0.100. The molecule has 0 atom stereocenters. The average molecular weight is 297 g/mol. The summed E-state index contributed by atoms with van der Waals surface area (Å²) >= 11 is 3.33. The van der Waals surface area contributed by atoms with Gasteiger partial charge in [0.05, 0.1) is 0 Å². The topological polar surface area (TPSA) is 90.6 Å². The molecule has 0 radical (unpaired) electrons. The highest BCUT2D eigenvalue weighted by Gasteiger charge is 2.01. The van der Waals surface area contributed by atoms with E-state index in [9.17, 15) is 9.59 Å². The summed E-state index contributed by atoms with van der Waals surface area (Å²) in [6, 6.07) is 7.64. The smallest absolute Gasteiger partial charge is 0.342 e. The van der Waals surface area contributed by atoms with E-state index in [1.807, 2.05) is 24.3 Å². The molecule has 7 heteroatoms. The Balaban J connectivity index is 2.10. The lowest BCUT2D eigenvalue weighted by atomic mass is 10.2. The standard InChI is InChI=1S/C10H9BrN4O2/c11-7-3-1-6(2-4-7)5-12-8-9(16)13-10(17)15-14-8/h1-4H,5H2,(H,12,14)(H2,13,15,16,17). The van der Waals surface area contributed by atoms with Gasteiger partial charge in [0.25, 0.3) is 5.56 Å². The molecule has 3 N–H and O–H groups in total. The Morgan fingerprint density at radius 1 is 1.24 bits per heavy atom. The molecule has 1 aromatic carbocycles. The summed E-state index contributed by atoms with van der Waals surface area (Å²) in [4.78, 5) is 24.1. The summed E-state index contributed by atoms with van der Waals surface area (Å²) in [5, 5.41) is 8.60. The number of rotatable bonds is 3. The van der Waals surface area contributed by atoms with Gasteiger partial charge < -0.3 is 5.32 Å². The largest absolute Gasteiger partial charge is 0.360 e. The number of hydrogen-bond acceptors (Lipinski definition) is 4. The Morgan fingerprint density at radius 2 is 1.94 bits per heavy atom. The predicted octanol–water partition coefficient (Wildman–Crippen LogP) is 0.833. The molecule has 0 unspecified atom stereocenters. The van der Waals surface area contributed by atoms with E-state index in [0.29, 0.717) is 6.54 Å². The van der Waals surface area contributed by atoms with Gasteiger partial charge in [0.1, 0.15) is 0 Å². The molecule has 0 aliphatic rings. The van der Waals surface area contributed by atoms with Crippen molar-refractivity contribution in [3.63, 3.8) is 0 Å².